The summed E-state index contributed by atoms with van der Waals surface area (Å²) in [6, 6.07) is 7.21. The van der Waals surface area contributed by atoms with Gasteiger partial charge in [-0.2, -0.15) is 0 Å². The highest BCUT2D eigenvalue weighted by molar-refractivity contribution is 9.09. The van der Waals surface area contributed by atoms with Crippen LogP contribution in [0.3, 0.4) is 0 Å². The van der Waals surface area contributed by atoms with Crippen LogP contribution in [0.2, 0.25) is 0 Å². The second-order valence-electron chi connectivity index (χ2n) is 2.98. The Labute approximate surface area is 86.3 Å². The first-order chi connectivity index (χ1) is 6.24. The van der Waals surface area contributed by atoms with E-state index in [0.29, 0.717) is 23.9 Å². The topological polar surface area (TPSA) is 40.5 Å². The number of phenolic OH excluding ortho intramolecular Hbond substituents is 1. The Balaban J connectivity index is 2.50. The number of benzene rings is 1. The summed E-state index contributed by atoms with van der Waals surface area (Å²) in [7, 11) is 0. The molecule has 2 nitrogen and oxygen atoms in total. The Hall–Kier alpha value is -0.540. The molecule has 1 atom stereocenters. The highest BCUT2D eigenvalue weighted by atomic mass is 79.9. The van der Waals surface area contributed by atoms with Crippen LogP contribution in [-0.2, 0) is 6.42 Å². The van der Waals surface area contributed by atoms with Crippen LogP contribution in [0.5, 0.6) is 5.75 Å². The number of hydrogen-bond donors (Lipinski definition) is 2. The number of aliphatic hydroxyl groups excluding tert-OH is 1. The standard InChI is InChI=1S/C10H13BrO2/c11-7-9(12)6-5-8-3-1-2-4-10(8)13/h1-4,9,12-13H,5-7H2. The number of rotatable bonds is 4. The van der Waals surface area contributed by atoms with Crippen molar-refractivity contribution in [3.05, 3.63) is 29.8 Å². The summed E-state index contributed by atoms with van der Waals surface area (Å²) >= 11 is 3.19. The van der Waals surface area contributed by atoms with Gasteiger partial charge in [0.15, 0.2) is 0 Å². The summed E-state index contributed by atoms with van der Waals surface area (Å²) in [6.07, 6.45) is 1.04. The summed E-state index contributed by atoms with van der Waals surface area (Å²) in [5.74, 6) is 0.310. The average Bonchev–Trinajstić information content (AvgIpc) is 2.16. The van der Waals surface area contributed by atoms with Crippen molar-refractivity contribution >= 4 is 15.9 Å². The van der Waals surface area contributed by atoms with E-state index < -0.39 is 0 Å². The maximum absolute atomic E-state index is 9.40. The third-order valence-electron chi connectivity index (χ3n) is 1.92. The summed E-state index contributed by atoms with van der Waals surface area (Å²) in [6.45, 7) is 0. The minimum absolute atomic E-state index is 0.310. The fourth-order valence-electron chi connectivity index (χ4n) is 1.12. The minimum atomic E-state index is -0.334. The molecule has 0 aliphatic rings. The van der Waals surface area contributed by atoms with E-state index in [0.717, 1.165) is 5.56 Å². The van der Waals surface area contributed by atoms with Crippen LogP contribution in [0.4, 0.5) is 0 Å². The molecular weight excluding hydrogens is 232 g/mol. The molecule has 3 heteroatoms. The molecule has 13 heavy (non-hydrogen) atoms. The maximum atomic E-state index is 9.40. The van der Waals surface area contributed by atoms with Crippen molar-refractivity contribution in [2.24, 2.45) is 0 Å². The van der Waals surface area contributed by atoms with Crippen molar-refractivity contribution in [3.8, 4) is 5.75 Å². The molecule has 0 saturated carbocycles. The first kappa shape index (κ1) is 10.5. The molecule has 1 aromatic rings. The van der Waals surface area contributed by atoms with Crippen molar-refractivity contribution in [2.45, 2.75) is 18.9 Å². The molecule has 0 radical (unpaired) electrons. The number of halogens is 1. The molecule has 0 spiro atoms. The predicted molar refractivity (Wildman–Crippen MR) is 56.2 cm³/mol. The average molecular weight is 245 g/mol. The fraction of sp³-hybridized carbons (Fsp3) is 0.400. The monoisotopic (exact) mass is 244 g/mol. The van der Waals surface area contributed by atoms with E-state index >= 15 is 0 Å². The molecule has 0 saturated heterocycles. The quantitative estimate of drug-likeness (QED) is 0.797. The normalized spacial score (nSPS) is 12.8. The molecule has 0 amide bonds. The Morgan fingerprint density at radius 1 is 1.31 bits per heavy atom. The van der Waals surface area contributed by atoms with E-state index in [1.54, 1.807) is 12.1 Å². The fourth-order valence-corrected chi connectivity index (χ4v) is 1.45. The summed E-state index contributed by atoms with van der Waals surface area (Å²) in [5.41, 5.74) is 0.891. The van der Waals surface area contributed by atoms with Crippen LogP contribution in [0.1, 0.15) is 12.0 Å². The van der Waals surface area contributed by atoms with Crippen molar-refractivity contribution in [2.75, 3.05) is 5.33 Å². The lowest BCUT2D eigenvalue weighted by Gasteiger charge is -2.07. The highest BCUT2D eigenvalue weighted by Gasteiger charge is 2.04. The number of aryl methyl sites for hydroxylation is 1. The molecule has 0 bridgehead atoms. The predicted octanol–water partition coefficient (Wildman–Crippen LogP) is 2.08. The zero-order chi connectivity index (χ0) is 9.68. The third kappa shape index (κ3) is 3.36. The molecule has 0 aliphatic heterocycles. The lowest BCUT2D eigenvalue weighted by Crippen LogP contribution is -2.08. The van der Waals surface area contributed by atoms with Crippen molar-refractivity contribution in [3.63, 3.8) is 0 Å². The van der Waals surface area contributed by atoms with Crippen molar-refractivity contribution in [1.29, 1.82) is 0 Å². The van der Waals surface area contributed by atoms with Gasteiger partial charge in [0.25, 0.3) is 0 Å². The summed E-state index contributed by atoms with van der Waals surface area (Å²) in [4.78, 5) is 0. The van der Waals surface area contributed by atoms with Gasteiger partial charge in [-0.15, -0.1) is 0 Å². The van der Waals surface area contributed by atoms with Gasteiger partial charge in [-0.25, -0.2) is 0 Å². The zero-order valence-corrected chi connectivity index (χ0v) is 8.87. The van der Waals surface area contributed by atoms with Crippen LogP contribution in [0.25, 0.3) is 0 Å². The Bertz CT molecular complexity index is 263. The van der Waals surface area contributed by atoms with E-state index in [1.807, 2.05) is 12.1 Å². The highest BCUT2D eigenvalue weighted by Crippen LogP contribution is 2.18. The summed E-state index contributed by atoms with van der Waals surface area (Å²) in [5, 5.41) is 19.3. The Morgan fingerprint density at radius 2 is 2.00 bits per heavy atom. The van der Waals surface area contributed by atoms with E-state index in [9.17, 15) is 10.2 Å². The van der Waals surface area contributed by atoms with E-state index in [4.69, 9.17) is 0 Å². The van der Waals surface area contributed by atoms with Crippen LogP contribution >= 0.6 is 15.9 Å². The minimum Gasteiger partial charge on any atom is -0.508 e. The van der Waals surface area contributed by atoms with Gasteiger partial charge in [0, 0.05) is 5.33 Å². The Kier molecular flexibility index (Phi) is 4.25. The second kappa shape index (κ2) is 5.25. The largest absolute Gasteiger partial charge is 0.508 e. The van der Waals surface area contributed by atoms with Gasteiger partial charge in [-0.3, -0.25) is 0 Å². The first-order valence-electron chi connectivity index (χ1n) is 4.25. The number of aromatic hydroxyl groups is 1. The molecule has 0 aliphatic carbocycles. The van der Waals surface area contributed by atoms with Crippen molar-refractivity contribution in [1.82, 2.24) is 0 Å². The number of aliphatic hydroxyl groups is 1. The van der Waals surface area contributed by atoms with Crippen LogP contribution in [-0.4, -0.2) is 21.6 Å². The second-order valence-corrected chi connectivity index (χ2v) is 3.62. The van der Waals surface area contributed by atoms with Gasteiger partial charge < -0.3 is 10.2 Å². The van der Waals surface area contributed by atoms with Crippen LogP contribution in [0.15, 0.2) is 24.3 Å². The third-order valence-corrected chi connectivity index (χ3v) is 2.66. The van der Waals surface area contributed by atoms with Crippen LogP contribution in [0, 0.1) is 0 Å². The molecule has 0 heterocycles. The van der Waals surface area contributed by atoms with Gasteiger partial charge in [0.05, 0.1) is 6.10 Å². The number of para-hydroxylation sites is 1. The molecule has 1 aromatic carbocycles. The smallest absolute Gasteiger partial charge is 0.118 e. The lowest BCUT2D eigenvalue weighted by atomic mass is 10.1. The molecule has 1 unspecified atom stereocenters. The van der Waals surface area contributed by atoms with E-state index in [2.05, 4.69) is 15.9 Å². The number of hydrogen-bond acceptors (Lipinski definition) is 2. The molecule has 0 aromatic heterocycles. The lowest BCUT2D eigenvalue weighted by molar-refractivity contribution is 0.190. The first-order valence-corrected chi connectivity index (χ1v) is 5.37. The Morgan fingerprint density at radius 3 is 2.62 bits per heavy atom. The number of phenols is 1. The van der Waals surface area contributed by atoms with Gasteiger partial charge in [-0.05, 0) is 24.5 Å². The van der Waals surface area contributed by atoms with E-state index in [-0.39, 0.29) is 6.10 Å². The number of alkyl halides is 1. The SMILES string of the molecule is Oc1ccccc1CCC(O)CBr. The molecule has 0 fully saturated rings. The summed E-state index contributed by atoms with van der Waals surface area (Å²) < 4.78 is 0. The van der Waals surface area contributed by atoms with Crippen LogP contribution < -0.4 is 0 Å². The van der Waals surface area contributed by atoms with Gasteiger partial charge in [0.1, 0.15) is 5.75 Å². The molecular formula is C10H13BrO2. The maximum Gasteiger partial charge on any atom is 0.118 e. The zero-order valence-electron chi connectivity index (χ0n) is 7.28. The molecule has 1 rings (SSSR count). The van der Waals surface area contributed by atoms with Crippen molar-refractivity contribution < 1.29 is 10.2 Å². The van der Waals surface area contributed by atoms with Gasteiger partial charge in [0.2, 0.25) is 0 Å². The van der Waals surface area contributed by atoms with Gasteiger partial charge in [-0.1, -0.05) is 34.1 Å². The van der Waals surface area contributed by atoms with Gasteiger partial charge >= 0.3 is 0 Å². The van der Waals surface area contributed by atoms with E-state index in [1.165, 1.54) is 0 Å². The molecule has 2 N–H and O–H groups in total. The molecule has 72 valence electrons.